The van der Waals surface area contributed by atoms with Gasteiger partial charge in [0, 0.05) is 36.7 Å². The molecule has 2 atom stereocenters. The SMILES string of the molecule is Cc1nc([C@H]2CCN(C(=O)c3cc(C4CC4)[nH]n3)C[C@H]2N(C)C)n[nH]1. The Labute approximate surface area is 147 Å². The van der Waals surface area contributed by atoms with Crippen LogP contribution in [0.5, 0.6) is 0 Å². The van der Waals surface area contributed by atoms with Crippen molar-refractivity contribution < 1.29 is 4.79 Å². The number of H-pyrrole nitrogens is 2. The van der Waals surface area contributed by atoms with Crippen LogP contribution in [-0.4, -0.2) is 74.3 Å². The van der Waals surface area contributed by atoms with Crippen LogP contribution < -0.4 is 0 Å². The van der Waals surface area contributed by atoms with Crippen molar-refractivity contribution in [2.24, 2.45) is 0 Å². The van der Waals surface area contributed by atoms with E-state index in [0.717, 1.165) is 23.8 Å². The zero-order valence-electron chi connectivity index (χ0n) is 15.0. The number of hydrogen-bond acceptors (Lipinski definition) is 5. The fourth-order valence-corrected chi connectivity index (χ4v) is 3.68. The minimum Gasteiger partial charge on any atom is -0.336 e. The number of aromatic nitrogens is 5. The molecule has 4 rings (SSSR count). The Bertz CT molecular complexity index is 761. The van der Waals surface area contributed by atoms with Crippen LogP contribution in [0.2, 0.25) is 0 Å². The highest BCUT2D eigenvalue weighted by atomic mass is 16.2. The molecule has 0 aromatic carbocycles. The number of aryl methyl sites for hydroxylation is 1. The summed E-state index contributed by atoms with van der Waals surface area (Å²) in [4.78, 5) is 21.4. The highest BCUT2D eigenvalue weighted by molar-refractivity contribution is 5.92. The van der Waals surface area contributed by atoms with Crippen molar-refractivity contribution in [1.82, 2.24) is 35.2 Å². The van der Waals surface area contributed by atoms with E-state index in [9.17, 15) is 4.79 Å². The van der Waals surface area contributed by atoms with Crippen LogP contribution in [0.15, 0.2) is 6.07 Å². The second-order valence-corrected chi connectivity index (χ2v) is 7.44. The molecule has 1 saturated carbocycles. The first-order valence-corrected chi connectivity index (χ1v) is 8.93. The highest BCUT2D eigenvalue weighted by Gasteiger charge is 2.37. The molecule has 2 aromatic heterocycles. The third-order valence-electron chi connectivity index (χ3n) is 5.31. The molecule has 8 heteroatoms. The molecule has 3 heterocycles. The minimum absolute atomic E-state index is 0.0135. The van der Waals surface area contributed by atoms with E-state index in [1.807, 2.05) is 32.0 Å². The summed E-state index contributed by atoms with van der Waals surface area (Å²) in [6, 6.07) is 2.12. The van der Waals surface area contributed by atoms with E-state index in [2.05, 4.69) is 30.3 Å². The Morgan fingerprint density at radius 3 is 2.68 bits per heavy atom. The lowest BCUT2D eigenvalue weighted by molar-refractivity contribution is 0.0585. The minimum atomic E-state index is 0.0135. The number of nitrogens with zero attached hydrogens (tertiary/aromatic N) is 5. The summed E-state index contributed by atoms with van der Waals surface area (Å²) in [7, 11) is 4.09. The van der Waals surface area contributed by atoms with E-state index in [4.69, 9.17) is 0 Å². The fourth-order valence-electron chi connectivity index (χ4n) is 3.68. The number of nitrogens with one attached hydrogen (secondary N) is 2. The predicted octanol–water partition coefficient (Wildman–Crippen LogP) is 1.27. The van der Waals surface area contributed by atoms with Crippen LogP contribution in [0.1, 0.15) is 58.9 Å². The molecule has 0 unspecified atom stereocenters. The smallest absolute Gasteiger partial charge is 0.274 e. The number of carbonyl (C=O) groups is 1. The molecule has 1 aliphatic carbocycles. The van der Waals surface area contributed by atoms with Gasteiger partial charge in [-0.25, -0.2) is 4.98 Å². The monoisotopic (exact) mass is 343 g/mol. The van der Waals surface area contributed by atoms with Gasteiger partial charge in [0.1, 0.15) is 11.5 Å². The lowest BCUT2D eigenvalue weighted by Gasteiger charge is -2.40. The van der Waals surface area contributed by atoms with Gasteiger partial charge in [0.05, 0.1) is 0 Å². The average molecular weight is 343 g/mol. The predicted molar refractivity (Wildman–Crippen MR) is 92.4 cm³/mol. The number of aromatic amines is 2. The van der Waals surface area contributed by atoms with Crippen LogP contribution >= 0.6 is 0 Å². The van der Waals surface area contributed by atoms with Crippen LogP contribution in [0, 0.1) is 6.92 Å². The summed E-state index contributed by atoms with van der Waals surface area (Å²) in [5.41, 5.74) is 1.63. The Morgan fingerprint density at radius 2 is 2.04 bits per heavy atom. The molecule has 1 amide bonds. The Hall–Kier alpha value is -2.22. The molecule has 2 N–H and O–H groups in total. The van der Waals surface area contributed by atoms with Gasteiger partial charge in [-0.15, -0.1) is 0 Å². The molecule has 0 spiro atoms. The van der Waals surface area contributed by atoms with Gasteiger partial charge in [0.15, 0.2) is 5.82 Å². The zero-order valence-corrected chi connectivity index (χ0v) is 15.0. The maximum Gasteiger partial charge on any atom is 0.274 e. The summed E-state index contributed by atoms with van der Waals surface area (Å²) >= 11 is 0. The largest absolute Gasteiger partial charge is 0.336 e. The first-order chi connectivity index (χ1) is 12.0. The van der Waals surface area contributed by atoms with E-state index < -0.39 is 0 Å². The van der Waals surface area contributed by atoms with Gasteiger partial charge in [-0.1, -0.05) is 0 Å². The quantitative estimate of drug-likeness (QED) is 0.872. The molecular formula is C17H25N7O. The number of amides is 1. The zero-order chi connectivity index (χ0) is 17.6. The van der Waals surface area contributed by atoms with Crippen LogP contribution in [-0.2, 0) is 0 Å². The normalized spacial score (nSPS) is 24.1. The van der Waals surface area contributed by atoms with Crippen molar-refractivity contribution in [3.8, 4) is 0 Å². The molecule has 134 valence electrons. The van der Waals surface area contributed by atoms with Gasteiger partial charge in [-0.3, -0.25) is 15.0 Å². The van der Waals surface area contributed by atoms with Crippen molar-refractivity contribution >= 4 is 5.91 Å². The molecule has 8 nitrogen and oxygen atoms in total. The fraction of sp³-hybridized carbons (Fsp3) is 0.647. The molecule has 25 heavy (non-hydrogen) atoms. The number of rotatable bonds is 4. The standard InChI is InChI=1S/C17H25N7O/c1-10-18-16(22-19-10)12-6-7-24(9-15(12)23(2)3)17(25)14-8-13(20-21-14)11-4-5-11/h8,11-12,15H,4-7,9H2,1-3H3,(H,20,21)(H,18,19,22)/t12-,15+/m0/s1. The Balaban J connectivity index is 1.49. The number of piperidine rings is 1. The maximum absolute atomic E-state index is 12.9. The van der Waals surface area contributed by atoms with Crippen molar-refractivity contribution in [2.45, 2.75) is 44.1 Å². The Kier molecular flexibility index (Phi) is 4.07. The van der Waals surface area contributed by atoms with Gasteiger partial charge in [0.2, 0.25) is 0 Å². The maximum atomic E-state index is 12.9. The number of hydrogen-bond donors (Lipinski definition) is 2. The van der Waals surface area contributed by atoms with Gasteiger partial charge < -0.3 is 9.80 Å². The second kappa shape index (κ2) is 6.25. The van der Waals surface area contributed by atoms with E-state index in [-0.39, 0.29) is 17.9 Å². The Morgan fingerprint density at radius 1 is 1.24 bits per heavy atom. The topological polar surface area (TPSA) is 93.8 Å². The summed E-state index contributed by atoms with van der Waals surface area (Å²) in [6.45, 7) is 3.28. The highest BCUT2D eigenvalue weighted by Crippen LogP contribution is 2.39. The van der Waals surface area contributed by atoms with Crippen LogP contribution in [0.25, 0.3) is 0 Å². The van der Waals surface area contributed by atoms with Crippen molar-refractivity contribution in [1.29, 1.82) is 0 Å². The second-order valence-electron chi connectivity index (χ2n) is 7.44. The van der Waals surface area contributed by atoms with E-state index >= 15 is 0 Å². The van der Waals surface area contributed by atoms with Gasteiger partial charge in [0.25, 0.3) is 5.91 Å². The molecule has 1 saturated heterocycles. The summed E-state index contributed by atoms with van der Waals surface area (Å²) in [5.74, 6) is 2.49. The van der Waals surface area contributed by atoms with Gasteiger partial charge in [-0.2, -0.15) is 10.2 Å². The lowest BCUT2D eigenvalue weighted by atomic mass is 9.90. The molecule has 2 aliphatic rings. The van der Waals surface area contributed by atoms with E-state index in [1.54, 1.807) is 0 Å². The van der Waals surface area contributed by atoms with E-state index in [1.165, 1.54) is 12.8 Å². The summed E-state index contributed by atoms with van der Waals surface area (Å²) < 4.78 is 0. The first kappa shape index (κ1) is 16.3. The van der Waals surface area contributed by atoms with Gasteiger partial charge in [-0.05, 0) is 46.3 Å². The number of likely N-dealkylation sites (N-methyl/N-ethyl adjacent to an activating group) is 1. The third-order valence-corrected chi connectivity index (χ3v) is 5.31. The molecule has 2 aromatic rings. The van der Waals surface area contributed by atoms with Crippen LogP contribution in [0.3, 0.4) is 0 Å². The molecule has 1 aliphatic heterocycles. The van der Waals surface area contributed by atoms with Crippen molar-refractivity contribution in [2.75, 3.05) is 27.2 Å². The molecule has 0 radical (unpaired) electrons. The lowest BCUT2D eigenvalue weighted by Crippen LogP contribution is -2.51. The molecular weight excluding hydrogens is 318 g/mol. The van der Waals surface area contributed by atoms with Crippen molar-refractivity contribution in [3.63, 3.8) is 0 Å². The van der Waals surface area contributed by atoms with Crippen LogP contribution in [0.4, 0.5) is 0 Å². The average Bonchev–Trinajstić information content (AvgIpc) is 3.17. The van der Waals surface area contributed by atoms with E-state index in [0.29, 0.717) is 24.7 Å². The van der Waals surface area contributed by atoms with Gasteiger partial charge >= 0.3 is 0 Å². The number of carbonyl (C=O) groups excluding carboxylic acids is 1. The summed E-state index contributed by atoms with van der Waals surface area (Å²) in [5, 5.41) is 14.5. The van der Waals surface area contributed by atoms with Crippen molar-refractivity contribution in [3.05, 3.63) is 29.1 Å². The number of likely N-dealkylation sites (tertiary alicyclic amines) is 1. The third kappa shape index (κ3) is 3.18. The molecule has 2 fully saturated rings. The summed E-state index contributed by atoms with van der Waals surface area (Å²) in [6.07, 6.45) is 3.24. The first-order valence-electron chi connectivity index (χ1n) is 8.93. The molecule has 0 bridgehead atoms.